The molecule has 1 aromatic heterocycles. The van der Waals surface area contributed by atoms with E-state index in [1.54, 1.807) is 18.1 Å². The zero-order valence-electron chi connectivity index (χ0n) is 10.9. The standard InChI is InChI=1S/C12H22N4O/c1-4-5-6-10(13)12(17)16(3)9-11-14-7-8-15(11)2/h7-8,10H,4-6,9,13H2,1-3H3/t10-/m0/s1. The molecule has 17 heavy (non-hydrogen) atoms. The van der Waals surface area contributed by atoms with Gasteiger partial charge in [0.1, 0.15) is 5.82 Å². The number of rotatable bonds is 6. The molecule has 0 aliphatic heterocycles. The molecular weight excluding hydrogens is 216 g/mol. The fourth-order valence-corrected chi connectivity index (χ4v) is 1.67. The Morgan fingerprint density at radius 1 is 1.65 bits per heavy atom. The van der Waals surface area contributed by atoms with Gasteiger partial charge >= 0.3 is 0 Å². The lowest BCUT2D eigenvalue weighted by atomic mass is 10.1. The molecule has 0 fully saturated rings. The first kappa shape index (κ1) is 13.7. The Hall–Kier alpha value is -1.36. The number of carbonyl (C=O) groups is 1. The zero-order valence-corrected chi connectivity index (χ0v) is 10.9. The lowest BCUT2D eigenvalue weighted by Crippen LogP contribution is -2.41. The maximum absolute atomic E-state index is 12.0. The number of amides is 1. The molecule has 0 radical (unpaired) electrons. The number of imidazole rings is 1. The molecule has 2 N–H and O–H groups in total. The highest BCUT2D eigenvalue weighted by atomic mass is 16.2. The summed E-state index contributed by atoms with van der Waals surface area (Å²) >= 11 is 0. The first-order chi connectivity index (χ1) is 8.06. The van der Waals surface area contributed by atoms with Gasteiger partial charge in [0.2, 0.25) is 5.91 Å². The first-order valence-electron chi connectivity index (χ1n) is 6.03. The Morgan fingerprint density at radius 2 is 2.35 bits per heavy atom. The summed E-state index contributed by atoms with van der Waals surface area (Å²) < 4.78 is 1.90. The van der Waals surface area contributed by atoms with Crippen molar-refractivity contribution in [3.05, 3.63) is 18.2 Å². The van der Waals surface area contributed by atoms with Crippen molar-refractivity contribution in [2.24, 2.45) is 12.8 Å². The number of carbonyl (C=O) groups excluding carboxylic acids is 1. The summed E-state index contributed by atoms with van der Waals surface area (Å²) in [5.41, 5.74) is 5.85. The summed E-state index contributed by atoms with van der Waals surface area (Å²) in [5.74, 6) is 0.852. The van der Waals surface area contributed by atoms with Crippen LogP contribution in [0, 0.1) is 0 Å². The quantitative estimate of drug-likeness (QED) is 0.800. The van der Waals surface area contributed by atoms with Crippen molar-refractivity contribution in [3.8, 4) is 0 Å². The summed E-state index contributed by atoms with van der Waals surface area (Å²) in [7, 11) is 3.68. The van der Waals surface area contributed by atoms with Crippen LogP contribution in [0.3, 0.4) is 0 Å². The van der Waals surface area contributed by atoms with E-state index in [-0.39, 0.29) is 11.9 Å². The Bertz CT molecular complexity index is 361. The number of unbranched alkanes of at least 4 members (excludes halogenated alkanes) is 1. The largest absolute Gasteiger partial charge is 0.337 e. The predicted molar refractivity (Wildman–Crippen MR) is 67.2 cm³/mol. The van der Waals surface area contributed by atoms with Crippen LogP contribution in [0.25, 0.3) is 0 Å². The molecule has 0 aromatic carbocycles. The van der Waals surface area contributed by atoms with E-state index in [1.165, 1.54) is 0 Å². The molecule has 1 rings (SSSR count). The van der Waals surface area contributed by atoms with Crippen molar-refractivity contribution < 1.29 is 4.79 Å². The molecule has 0 unspecified atom stereocenters. The Labute approximate surface area is 103 Å². The van der Waals surface area contributed by atoms with Crippen LogP contribution in [0.5, 0.6) is 0 Å². The molecule has 0 saturated heterocycles. The second-order valence-electron chi connectivity index (χ2n) is 4.40. The minimum Gasteiger partial charge on any atom is -0.337 e. The molecule has 0 spiro atoms. The molecule has 96 valence electrons. The highest BCUT2D eigenvalue weighted by Gasteiger charge is 2.18. The Kier molecular flexibility index (Phi) is 5.15. The topological polar surface area (TPSA) is 64.2 Å². The normalized spacial score (nSPS) is 12.5. The first-order valence-corrected chi connectivity index (χ1v) is 6.03. The van der Waals surface area contributed by atoms with Crippen LogP contribution < -0.4 is 5.73 Å². The molecule has 1 heterocycles. The van der Waals surface area contributed by atoms with Gasteiger partial charge in [-0.15, -0.1) is 0 Å². The number of aryl methyl sites for hydroxylation is 1. The lowest BCUT2D eigenvalue weighted by molar-refractivity contribution is -0.132. The Balaban J connectivity index is 2.49. The summed E-state index contributed by atoms with van der Waals surface area (Å²) in [6.45, 7) is 2.59. The van der Waals surface area contributed by atoms with Crippen molar-refractivity contribution in [1.82, 2.24) is 14.5 Å². The van der Waals surface area contributed by atoms with Gasteiger partial charge in [0.05, 0.1) is 12.6 Å². The van der Waals surface area contributed by atoms with Crippen molar-refractivity contribution in [2.45, 2.75) is 38.8 Å². The van der Waals surface area contributed by atoms with E-state index in [4.69, 9.17) is 5.73 Å². The SMILES string of the molecule is CCCC[C@H](N)C(=O)N(C)Cc1nccn1C. The van der Waals surface area contributed by atoms with Crippen LogP contribution in [-0.2, 0) is 18.4 Å². The van der Waals surface area contributed by atoms with Gasteiger partial charge in [0, 0.05) is 26.5 Å². The molecule has 1 amide bonds. The van der Waals surface area contributed by atoms with Gasteiger partial charge < -0.3 is 15.2 Å². The van der Waals surface area contributed by atoms with Gasteiger partial charge in [-0.3, -0.25) is 4.79 Å². The Morgan fingerprint density at radius 3 is 2.88 bits per heavy atom. The van der Waals surface area contributed by atoms with Gasteiger partial charge in [-0.2, -0.15) is 0 Å². The highest BCUT2D eigenvalue weighted by Crippen LogP contribution is 2.05. The number of likely N-dealkylation sites (N-methyl/N-ethyl adjacent to an activating group) is 1. The summed E-state index contributed by atoms with van der Waals surface area (Å²) in [5, 5.41) is 0. The molecule has 0 aliphatic rings. The zero-order chi connectivity index (χ0) is 12.8. The average molecular weight is 238 g/mol. The van der Waals surface area contributed by atoms with Crippen LogP contribution >= 0.6 is 0 Å². The van der Waals surface area contributed by atoms with Crippen molar-refractivity contribution in [2.75, 3.05) is 7.05 Å². The monoisotopic (exact) mass is 238 g/mol. The van der Waals surface area contributed by atoms with Crippen molar-refractivity contribution in [1.29, 1.82) is 0 Å². The van der Waals surface area contributed by atoms with E-state index >= 15 is 0 Å². The van der Waals surface area contributed by atoms with E-state index < -0.39 is 0 Å². The third-order valence-corrected chi connectivity index (χ3v) is 2.86. The lowest BCUT2D eigenvalue weighted by Gasteiger charge is -2.20. The number of hydrogen-bond acceptors (Lipinski definition) is 3. The fourth-order valence-electron chi connectivity index (χ4n) is 1.67. The number of aromatic nitrogens is 2. The number of nitrogens with two attached hydrogens (primary N) is 1. The molecule has 5 heteroatoms. The number of nitrogens with zero attached hydrogens (tertiary/aromatic N) is 3. The van der Waals surface area contributed by atoms with Gasteiger partial charge in [-0.05, 0) is 6.42 Å². The third kappa shape index (κ3) is 3.85. The van der Waals surface area contributed by atoms with Crippen molar-refractivity contribution in [3.63, 3.8) is 0 Å². The summed E-state index contributed by atoms with van der Waals surface area (Å²) in [6.07, 6.45) is 6.39. The highest BCUT2D eigenvalue weighted by molar-refractivity contribution is 5.81. The molecule has 1 atom stereocenters. The molecule has 0 saturated carbocycles. The van der Waals surface area contributed by atoms with E-state index in [0.29, 0.717) is 6.54 Å². The minimum absolute atomic E-state index is 0.0125. The smallest absolute Gasteiger partial charge is 0.239 e. The van der Waals surface area contributed by atoms with Gasteiger partial charge in [-0.1, -0.05) is 19.8 Å². The molecular formula is C12H22N4O. The van der Waals surface area contributed by atoms with Crippen LogP contribution in [0.1, 0.15) is 32.0 Å². The van der Waals surface area contributed by atoms with Crippen LogP contribution in [0.15, 0.2) is 12.4 Å². The van der Waals surface area contributed by atoms with E-state index in [9.17, 15) is 4.79 Å². The van der Waals surface area contributed by atoms with Crippen LogP contribution in [0.2, 0.25) is 0 Å². The second kappa shape index (κ2) is 6.39. The maximum atomic E-state index is 12.0. The van der Waals surface area contributed by atoms with E-state index in [1.807, 2.05) is 17.8 Å². The van der Waals surface area contributed by atoms with Crippen LogP contribution in [0.4, 0.5) is 0 Å². The minimum atomic E-state index is -0.389. The average Bonchev–Trinajstić information content (AvgIpc) is 2.70. The van der Waals surface area contributed by atoms with E-state index in [2.05, 4.69) is 11.9 Å². The molecule has 5 nitrogen and oxygen atoms in total. The number of hydrogen-bond donors (Lipinski definition) is 1. The molecule has 0 bridgehead atoms. The summed E-state index contributed by atoms with van der Waals surface area (Å²) in [4.78, 5) is 17.8. The summed E-state index contributed by atoms with van der Waals surface area (Å²) in [6, 6.07) is -0.389. The molecule has 0 aliphatic carbocycles. The molecule has 1 aromatic rings. The van der Waals surface area contributed by atoms with Gasteiger partial charge in [0.25, 0.3) is 0 Å². The van der Waals surface area contributed by atoms with Crippen molar-refractivity contribution >= 4 is 5.91 Å². The van der Waals surface area contributed by atoms with Gasteiger partial charge in [-0.25, -0.2) is 4.98 Å². The van der Waals surface area contributed by atoms with E-state index in [0.717, 1.165) is 25.1 Å². The predicted octanol–water partition coefficient (Wildman–Crippen LogP) is 0.896. The third-order valence-electron chi connectivity index (χ3n) is 2.86. The maximum Gasteiger partial charge on any atom is 0.239 e. The fraction of sp³-hybridized carbons (Fsp3) is 0.667. The second-order valence-corrected chi connectivity index (χ2v) is 4.40. The van der Waals surface area contributed by atoms with Crippen LogP contribution in [-0.4, -0.2) is 33.4 Å². The van der Waals surface area contributed by atoms with Gasteiger partial charge in [0.15, 0.2) is 0 Å².